The molecule has 2 rings (SSSR count). The predicted octanol–water partition coefficient (Wildman–Crippen LogP) is 3.94. The summed E-state index contributed by atoms with van der Waals surface area (Å²) in [5.74, 6) is -0.960. The van der Waals surface area contributed by atoms with Gasteiger partial charge in [0.2, 0.25) is 0 Å². The molecule has 7 nitrogen and oxygen atoms in total. The molecule has 0 saturated heterocycles. The highest BCUT2D eigenvalue weighted by Gasteiger charge is 2.06. The second-order valence-electron chi connectivity index (χ2n) is 4.73. The van der Waals surface area contributed by atoms with Gasteiger partial charge in [-0.1, -0.05) is 34.8 Å². The van der Waals surface area contributed by atoms with Gasteiger partial charge in [0.05, 0.1) is 21.6 Å². The van der Waals surface area contributed by atoms with Gasteiger partial charge in [-0.15, -0.1) is 0 Å². The first-order valence-corrected chi connectivity index (χ1v) is 8.23. The lowest BCUT2D eigenvalue weighted by atomic mass is 10.3. The highest BCUT2D eigenvalue weighted by atomic mass is 35.5. The van der Waals surface area contributed by atoms with E-state index in [2.05, 4.69) is 4.98 Å². The smallest absolute Gasteiger partial charge is 0.328 e. The lowest BCUT2D eigenvalue weighted by molar-refractivity contribution is -0.134. The second-order valence-corrected chi connectivity index (χ2v) is 5.92. The van der Waals surface area contributed by atoms with Gasteiger partial charge < -0.3 is 19.5 Å². The standard InChI is InChI=1S/C12H11Cl3N2O.C4H4O4/c1-8-16-2-3-17(8)4-5-18-9-6-10(13)12(15)11(14)7-9;5-3(6)1-2-4(7)8/h2-3,6-7H,4-5H2,1H3;1-2H,(H,5,6)(H,7,8)/b;2-1-. The zero-order valence-electron chi connectivity index (χ0n) is 13.5. The fourth-order valence-corrected chi connectivity index (χ4v) is 2.24. The van der Waals surface area contributed by atoms with E-state index in [0.717, 1.165) is 5.82 Å². The molecular formula is C16H15Cl3N2O5. The molecule has 0 unspecified atom stereocenters. The number of benzene rings is 1. The number of aliphatic carboxylic acids is 2. The van der Waals surface area contributed by atoms with Gasteiger partial charge in [-0.25, -0.2) is 14.6 Å². The van der Waals surface area contributed by atoms with E-state index < -0.39 is 11.9 Å². The number of ether oxygens (including phenoxy) is 1. The Morgan fingerprint density at radius 2 is 1.69 bits per heavy atom. The third kappa shape index (κ3) is 7.77. The summed E-state index contributed by atoms with van der Waals surface area (Å²) in [5.41, 5.74) is 0. The van der Waals surface area contributed by atoms with Gasteiger partial charge in [0.1, 0.15) is 18.2 Å². The Morgan fingerprint density at radius 1 is 1.15 bits per heavy atom. The van der Waals surface area contributed by atoms with E-state index in [1.807, 2.05) is 17.7 Å². The van der Waals surface area contributed by atoms with E-state index in [9.17, 15) is 9.59 Å². The molecule has 1 aromatic carbocycles. The molecular weight excluding hydrogens is 407 g/mol. The van der Waals surface area contributed by atoms with Gasteiger partial charge in [0.15, 0.2) is 0 Å². The van der Waals surface area contributed by atoms with E-state index in [-0.39, 0.29) is 0 Å². The number of hydrogen-bond acceptors (Lipinski definition) is 4. The van der Waals surface area contributed by atoms with Crippen molar-refractivity contribution < 1.29 is 24.5 Å². The molecule has 0 atom stereocenters. The van der Waals surface area contributed by atoms with E-state index in [0.29, 0.717) is 46.1 Å². The van der Waals surface area contributed by atoms with Crippen molar-refractivity contribution in [1.82, 2.24) is 9.55 Å². The number of carboxylic acid groups (broad SMARTS) is 2. The maximum Gasteiger partial charge on any atom is 0.328 e. The van der Waals surface area contributed by atoms with Crippen LogP contribution in [0.1, 0.15) is 5.82 Å². The lowest BCUT2D eigenvalue weighted by Gasteiger charge is -2.09. The third-order valence-electron chi connectivity index (χ3n) is 2.85. The third-order valence-corrected chi connectivity index (χ3v) is 4.05. The molecule has 10 heteroatoms. The maximum absolute atomic E-state index is 9.55. The van der Waals surface area contributed by atoms with Crippen LogP contribution in [-0.4, -0.2) is 38.3 Å². The van der Waals surface area contributed by atoms with Crippen LogP contribution >= 0.6 is 34.8 Å². The predicted molar refractivity (Wildman–Crippen MR) is 98.3 cm³/mol. The molecule has 26 heavy (non-hydrogen) atoms. The number of carboxylic acids is 2. The van der Waals surface area contributed by atoms with Crippen molar-refractivity contribution >= 4 is 46.7 Å². The number of imidazole rings is 1. The van der Waals surface area contributed by atoms with Gasteiger partial charge in [0, 0.05) is 36.7 Å². The monoisotopic (exact) mass is 420 g/mol. The molecule has 2 N–H and O–H groups in total. The average Bonchev–Trinajstić information content (AvgIpc) is 2.96. The molecule has 0 bridgehead atoms. The summed E-state index contributed by atoms with van der Waals surface area (Å²) in [6.45, 7) is 3.16. The topological polar surface area (TPSA) is 102 Å². The molecule has 1 aromatic heterocycles. The molecule has 0 aliphatic carbocycles. The van der Waals surface area contributed by atoms with Crippen molar-refractivity contribution in [2.45, 2.75) is 13.5 Å². The average molecular weight is 422 g/mol. The van der Waals surface area contributed by atoms with Crippen LogP contribution < -0.4 is 4.74 Å². The maximum atomic E-state index is 9.55. The fraction of sp³-hybridized carbons (Fsp3) is 0.188. The molecule has 0 aliphatic rings. The summed E-state index contributed by atoms with van der Waals surface area (Å²) in [4.78, 5) is 23.2. The van der Waals surface area contributed by atoms with Crippen molar-refractivity contribution in [1.29, 1.82) is 0 Å². The number of nitrogens with zero attached hydrogens (tertiary/aromatic N) is 2. The highest BCUT2D eigenvalue weighted by Crippen LogP contribution is 2.34. The van der Waals surface area contributed by atoms with Crippen LogP contribution in [0.3, 0.4) is 0 Å². The van der Waals surface area contributed by atoms with E-state index >= 15 is 0 Å². The number of hydrogen-bond donors (Lipinski definition) is 2. The number of aromatic nitrogens is 2. The van der Waals surface area contributed by atoms with Gasteiger partial charge in [-0.05, 0) is 6.92 Å². The summed E-state index contributed by atoms with van der Waals surface area (Å²) >= 11 is 17.7. The van der Waals surface area contributed by atoms with Crippen LogP contribution in [0.5, 0.6) is 5.75 Å². The van der Waals surface area contributed by atoms with Crippen molar-refractivity contribution in [3.63, 3.8) is 0 Å². The fourth-order valence-electron chi connectivity index (χ4n) is 1.66. The van der Waals surface area contributed by atoms with Gasteiger partial charge >= 0.3 is 11.9 Å². The number of halogens is 3. The van der Waals surface area contributed by atoms with Crippen molar-refractivity contribution in [3.8, 4) is 5.75 Å². The van der Waals surface area contributed by atoms with Crippen molar-refractivity contribution in [2.24, 2.45) is 0 Å². The lowest BCUT2D eigenvalue weighted by Crippen LogP contribution is -2.08. The number of aryl methyl sites for hydroxylation is 1. The first-order chi connectivity index (χ1) is 12.2. The van der Waals surface area contributed by atoms with Gasteiger partial charge in [-0.2, -0.15) is 0 Å². The Kier molecular flexibility index (Phi) is 8.98. The molecule has 140 valence electrons. The minimum absolute atomic E-state index is 0.344. The van der Waals surface area contributed by atoms with Crippen LogP contribution in [0, 0.1) is 6.92 Å². The quantitative estimate of drug-likeness (QED) is 0.541. The molecule has 0 aliphatic heterocycles. The molecule has 0 amide bonds. The highest BCUT2D eigenvalue weighted by molar-refractivity contribution is 6.48. The molecule has 2 aromatic rings. The first-order valence-electron chi connectivity index (χ1n) is 7.09. The first kappa shape index (κ1) is 21.8. The van der Waals surface area contributed by atoms with Crippen LogP contribution in [0.4, 0.5) is 0 Å². The van der Waals surface area contributed by atoms with E-state index in [1.54, 1.807) is 18.3 Å². The molecule has 0 fully saturated rings. The normalized spacial score (nSPS) is 10.3. The van der Waals surface area contributed by atoms with Crippen molar-refractivity contribution in [3.05, 3.63) is 57.6 Å². The zero-order valence-corrected chi connectivity index (χ0v) is 15.8. The Balaban J connectivity index is 0.000000359. The van der Waals surface area contributed by atoms with E-state index in [4.69, 9.17) is 49.8 Å². The van der Waals surface area contributed by atoms with Crippen LogP contribution in [0.2, 0.25) is 15.1 Å². The van der Waals surface area contributed by atoms with E-state index in [1.165, 1.54) is 0 Å². The Morgan fingerprint density at radius 3 is 2.12 bits per heavy atom. The van der Waals surface area contributed by atoms with Gasteiger partial charge in [0.25, 0.3) is 0 Å². The molecule has 0 saturated carbocycles. The number of carbonyl (C=O) groups is 2. The molecule has 1 heterocycles. The summed E-state index contributed by atoms with van der Waals surface area (Å²) in [6.07, 6.45) is 4.77. The Bertz CT molecular complexity index is 766. The zero-order chi connectivity index (χ0) is 19.7. The number of rotatable bonds is 6. The minimum Gasteiger partial charge on any atom is -0.492 e. The van der Waals surface area contributed by atoms with Crippen LogP contribution in [0.25, 0.3) is 0 Å². The summed E-state index contributed by atoms with van der Waals surface area (Å²) < 4.78 is 7.57. The second kappa shape index (κ2) is 10.7. The van der Waals surface area contributed by atoms with Crippen molar-refractivity contribution in [2.75, 3.05) is 6.61 Å². The van der Waals surface area contributed by atoms with Gasteiger partial charge in [-0.3, -0.25) is 0 Å². The summed E-state index contributed by atoms with van der Waals surface area (Å²) in [7, 11) is 0. The van der Waals surface area contributed by atoms with Crippen LogP contribution in [0.15, 0.2) is 36.7 Å². The minimum atomic E-state index is -1.26. The summed E-state index contributed by atoms with van der Waals surface area (Å²) in [5, 5.41) is 16.7. The SMILES string of the molecule is Cc1nccn1CCOc1cc(Cl)c(Cl)c(Cl)c1.O=C(O)/C=C\C(=O)O. The molecule has 0 spiro atoms. The Labute approximate surface area is 164 Å². The summed E-state index contributed by atoms with van der Waals surface area (Å²) in [6, 6.07) is 3.30. The Hall–Kier alpha value is -2.22. The molecule has 0 radical (unpaired) electrons. The largest absolute Gasteiger partial charge is 0.492 e. The van der Waals surface area contributed by atoms with Crippen LogP contribution in [-0.2, 0) is 16.1 Å².